The first-order valence-electron chi connectivity index (χ1n) is 9.26. The van der Waals surface area contributed by atoms with Crippen LogP contribution in [-0.4, -0.2) is 38.8 Å². The third-order valence-electron chi connectivity index (χ3n) is 4.88. The predicted molar refractivity (Wildman–Crippen MR) is 96.4 cm³/mol. The van der Waals surface area contributed by atoms with Crippen LogP contribution in [0.3, 0.4) is 0 Å². The summed E-state index contributed by atoms with van der Waals surface area (Å²) in [5, 5.41) is 6.87. The minimum atomic E-state index is -4.49. The first-order valence-corrected chi connectivity index (χ1v) is 9.26. The van der Waals surface area contributed by atoms with Crippen molar-refractivity contribution in [3.63, 3.8) is 0 Å². The van der Waals surface area contributed by atoms with E-state index in [1.54, 1.807) is 6.92 Å². The molecule has 0 spiro atoms. The highest BCUT2D eigenvalue weighted by atomic mass is 19.4. The van der Waals surface area contributed by atoms with Crippen LogP contribution in [0.15, 0.2) is 24.5 Å². The number of pyridine rings is 1. The molecule has 1 unspecified atom stereocenters. The predicted octanol–water partition coefficient (Wildman–Crippen LogP) is 3.20. The van der Waals surface area contributed by atoms with Gasteiger partial charge in [-0.05, 0) is 38.8 Å². The lowest BCUT2D eigenvalue weighted by Crippen LogP contribution is -2.40. The second-order valence-electron chi connectivity index (χ2n) is 7.00. The van der Waals surface area contributed by atoms with E-state index in [2.05, 4.69) is 15.4 Å². The zero-order valence-electron chi connectivity index (χ0n) is 16.0. The van der Waals surface area contributed by atoms with Gasteiger partial charge in [0.1, 0.15) is 5.56 Å². The van der Waals surface area contributed by atoms with Crippen molar-refractivity contribution in [3.8, 4) is 5.82 Å². The average molecular weight is 410 g/mol. The standard InChI is InChI=1S/C19H21F3N4O3/c1-11-15(18(28)29-12(2)17(27)25-14-5-3-4-6-14)10-24-26(11)16-8-7-13(9-23-16)19(20,21)22/h7-10,12,14H,3-6H2,1-2H3,(H,25,27). The van der Waals surface area contributed by atoms with Gasteiger partial charge in [-0.25, -0.2) is 14.5 Å². The summed E-state index contributed by atoms with van der Waals surface area (Å²) in [6.45, 7) is 3.05. The maximum atomic E-state index is 12.7. The van der Waals surface area contributed by atoms with Gasteiger partial charge in [0.2, 0.25) is 0 Å². The van der Waals surface area contributed by atoms with Crippen molar-refractivity contribution in [2.24, 2.45) is 0 Å². The summed E-state index contributed by atoms with van der Waals surface area (Å²) in [4.78, 5) is 28.4. The molecule has 1 fully saturated rings. The lowest BCUT2D eigenvalue weighted by molar-refractivity contribution is -0.137. The number of carbonyl (C=O) groups excluding carboxylic acids is 2. The number of nitrogens with zero attached hydrogens (tertiary/aromatic N) is 3. The molecule has 2 aromatic heterocycles. The van der Waals surface area contributed by atoms with Gasteiger partial charge in [0.25, 0.3) is 5.91 Å². The highest BCUT2D eigenvalue weighted by Gasteiger charge is 2.31. The van der Waals surface area contributed by atoms with E-state index in [1.165, 1.54) is 17.8 Å². The van der Waals surface area contributed by atoms with Gasteiger partial charge in [0.05, 0.1) is 17.5 Å². The summed E-state index contributed by atoms with van der Waals surface area (Å²) in [6.07, 6.45) is 0.425. The number of carbonyl (C=O) groups is 2. The molecule has 0 bridgehead atoms. The molecule has 10 heteroatoms. The van der Waals surface area contributed by atoms with E-state index in [4.69, 9.17) is 4.74 Å². The average Bonchev–Trinajstić information content (AvgIpc) is 3.30. The molecule has 2 heterocycles. The number of halogens is 3. The van der Waals surface area contributed by atoms with Gasteiger partial charge < -0.3 is 10.1 Å². The summed E-state index contributed by atoms with van der Waals surface area (Å²) in [6, 6.07) is 2.16. The van der Waals surface area contributed by atoms with Crippen molar-refractivity contribution < 1.29 is 27.5 Å². The normalized spacial score (nSPS) is 15.9. The molecule has 156 valence electrons. The highest BCUT2D eigenvalue weighted by Crippen LogP contribution is 2.29. The molecule has 29 heavy (non-hydrogen) atoms. The third-order valence-corrected chi connectivity index (χ3v) is 4.88. The molecule has 1 atom stereocenters. The Balaban J connectivity index is 1.68. The van der Waals surface area contributed by atoms with Crippen LogP contribution < -0.4 is 5.32 Å². The number of aromatic nitrogens is 3. The van der Waals surface area contributed by atoms with Gasteiger partial charge in [0, 0.05) is 12.2 Å². The Morgan fingerprint density at radius 1 is 1.24 bits per heavy atom. The van der Waals surface area contributed by atoms with Gasteiger partial charge in [-0.3, -0.25) is 4.79 Å². The van der Waals surface area contributed by atoms with Crippen molar-refractivity contribution in [2.45, 2.75) is 57.9 Å². The maximum Gasteiger partial charge on any atom is 0.417 e. The molecular formula is C19H21F3N4O3. The summed E-state index contributed by atoms with van der Waals surface area (Å²) in [5.74, 6) is -0.976. The summed E-state index contributed by atoms with van der Waals surface area (Å²) < 4.78 is 44.5. The van der Waals surface area contributed by atoms with E-state index in [0.29, 0.717) is 11.9 Å². The molecule has 0 aromatic carbocycles. The fourth-order valence-corrected chi connectivity index (χ4v) is 3.19. The Morgan fingerprint density at radius 2 is 1.93 bits per heavy atom. The Kier molecular flexibility index (Phi) is 5.90. The lowest BCUT2D eigenvalue weighted by Gasteiger charge is -2.17. The van der Waals surface area contributed by atoms with E-state index in [1.807, 2.05) is 0 Å². The Bertz CT molecular complexity index is 887. The number of alkyl halides is 3. The van der Waals surface area contributed by atoms with Gasteiger partial charge in [-0.15, -0.1) is 0 Å². The van der Waals surface area contributed by atoms with E-state index >= 15 is 0 Å². The van der Waals surface area contributed by atoms with Crippen molar-refractivity contribution in [1.29, 1.82) is 0 Å². The minimum absolute atomic E-state index is 0.104. The highest BCUT2D eigenvalue weighted by molar-refractivity contribution is 5.93. The number of ether oxygens (including phenoxy) is 1. The van der Waals surface area contributed by atoms with Gasteiger partial charge in [0.15, 0.2) is 11.9 Å². The smallest absolute Gasteiger partial charge is 0.417 e. The molecule has 7 nitrogen and oxygen atoms in total. The van der Waals surface area contributed by atoms with Crippen molar-refractivity contribution in [3.05, 3.63) is 41.3 Å². The number of hydrogen-bond acceptors (Lipinski definition) is 5. The van der Waals surface area contributed by atoms with Crippen molar-refractivity contribution >= 4 is 11.9 Å². The van der Waals surface area contributed by atoms with Crippen LogP contribution in [0.5, 0.6) is 0 Å². The Labute approximate surface area is 165 Å². The molecule has 1 amide bonds. The molecule has 1 saturated carbocycles. The molecule has 0 radical (unpaired) electrons. The fraction of sp³-hybridized carbons (Fsp3) is 0.474. The SMILES string of the molecule is Cc1c(C(=O)OC(C)C(=O)NC2CCCC2)cnn1-c1ccc(C(F)(F)F)cn1. The van der Waals surface area contributed by atoms with Crippen LogP contribution in [-0.2, 0) is 15.7 Å². The third kappa shape index (κ3) is 4.75. The van der Waals surface area contributed by atoms with Gasteiger partial charge in [-0.2, -0.15) is 18.3 Å². The van der Waals surface area contributed by atoms with Crippen molar-refractivity contribution in [1.82, 2.24) is 20.1 Å². The van der Waals surface area contributed by atoms with Crippen LogP contribution in [0.4, 0.5) is 13.2 Å². The molecule has 3 rings (SSSR count). The zero-order chi connectivity index (χ0) is 21.2. The number of amides is 1. The van der Waals surface area contributed by atoms with E-state index < -0.39 is 23.8 Å². The molecular weight excluding hydrogens is 389 g/mol. The summed E-state index contributed by atoms with van der Waals surface area (Å²) in [5.41, 5.74) is -0.439. The lowest BCUT2D eigenvalue weighted by atomic mass is 10.2. The minimum Gasteiger partial charge on any atom is -0.449 e. The molecule has 1 N–H and O–H groups in total. The van der Waals surface area contributed by atoms with Crippen LogP contribution in [0, 0.1) is 6.92 Å². The zero-order valence-corrected chi connectivity index (χ0v) is 16.0. The van der Waals surface area contributed by atoms with Crippen LogP contribution in [0.25, 0.3) is 5.82 Å². The Hall–Kier alpha value is -2.91. The Morgan fingerprint density at radius 3 is 2.52 bits per heavy atom. The molecule has 1 aliphatic rings. The van der Waals surface area contributed by atoms with Crippen LogP contribution >= 0.6 is 0 Å². The summed E-state index contributed by atoms with van der Waals surface area (Å²) >= 11 is 0. The van der Waals surface area contributed by atoms with E-state index in [-0.39, 0.29) is 23.3 Å². The molecule has 0 aliphatic heterocycles. The van der Waals surface area contributed by atoms with E-state index in [0.717, 1.165) is 37.8 Å². The van der Waals surface area contributed by atoms with Crippen LogP contribution in [0.1, 0.15) is 54.2 Å². The van der Waals surface area contributed by atoms with Crippen molar-refractivity contribution in [2.75, 3.05) is 0 Å². The quantitative estimate of drug-likeness (QED) is 0.765. The largest absolute Gasteiger partial charge is 0.449 e. The second kappa shape index (κ2) is 8.22. The number of rotatable bonds is 5. The fourth-order valence-electron chi connectivity index (χ4n) is 3.19. The maximum absolute atomic E-state index is 12.7. The number of esters is 1. The second-order valence-corrected chi connectivity index (χ2v) is 7.00. The number of hydrogen-bond donors (Lipinski definition) is 1. The number of nitrogens with one attached hydrogen (secondary N) is 1. The van der Waals surface area contributed by atoms with E-state index in [9.17, 15) is 22.8 Å². The molecule has 2 aromatic rings. The van der Waals surface area contributed by atoms with Gasteiger partial charge in [-0.1, -0.05) is 12.8 Å². The van der Waals surface area contributed by atoms with Gasteiger partial charge >= 0.3 is 12.1 Å². The van der Waals surface area contributed by atoms with Crippen LogP contribution in [0.2, 0.25) is 0 Å². The summed E-state index contributed by atoms with van der Waals surface area (Å²) in [7, 11) is 0. The molecule has 0 saturated heterocycles. The molecule has 1 aliphatic carbocycles. The first-order chi connectivity index (χ1) is 13.7. The topological polar surface area (TPSA) is 86.1 Å². The first kappa shape index (κ1) is 20.8. The monoisotopic (exact) mass is 410 g/mol.